The van der Waals surface area contributed by atoms with Gasteiger partial charge in [0.05, 0.1) is 0 Å². The van der Waals surface area contributed by atoms with Gasteiger partial charge in [-0.15, -0.1) is 0 Å². The number of hydrogen-bond donors (Lipinski definition) is 1. The fourth-order valence-corrected chi connectivity index (χ4v) is 2.58. The maximum Gasteiger partial charge on any atom is 0.326 e. The van der Waals surface area contributed by atoms with Gasteiger partial charge in [-0.1, -0.05) is 0 Å². The first-order chi connectivity index (χ1) is 9.51. The molecule has 2 amide bonds. The molecule has 1 unspecified atom stereocenters. The van der Waals surface area contributed by atoms with Crippen LogP contribution in [-0.4, -0.2) is 58.4 Å². The molecule has 1 rings (SSSR count). The average Bonchev–Trinajstić information content (AvgIpc) is 2.46. The van der Waals surface area contributed by atoms with Crippen molar-refractivity contribution in [2.24, 2.45) is 0 Å². The van der Waals surface area contributed by atoms with Crippen molar-refractivity contribution in [3.05, 3.63) is 0 Å². The summed E-state index contributed by atoms with van der Waals surface area (Å²) < 4.78 is 0. The summed E-state index contributed by atoms with van der Waals surface area (Å²) in [6, 6.07) is -0.722. The first kappa shape index (κ1) is 16.5. The van der Waals surface area contributed by atoms with Gasteiger partial charge in [-0.05, 0) is 33.1 Å². The summed E-state index contributed by atoms with van der Waals surface area (Å²) in [5.41, 5.74) is 0. The van der Waals surface area contributed by atoms with Crippen molar-refractivity contribution in [3.8, 4) is 0 Å². The van der Waals surface area contributed by atoms with Crippen molar-refractivity contribution >= 4 is 17.8 Å². The van der Waals surface area contributed by atoms with Gasteiger partial charge in [-0.2, -0.15) is 0 Å². The number of carboxylic acid groups (broad SMARTS) is 1. The zero-order valence-corrected chi connectivity index (χ0v) is 12.3. The molecular formula is C14H24N2O4. The lowest BCUT2D eigenvalue weighted by Crippen LogP contribution is -2.48. The highest BCUT2D eigenvalue weighted by Gasteiger charge is 2.31. The second-order valence-electron chi connectivity index (χ2n) is 5.00. The fraction of sp³-hybridized carbons (Fsp3) is 0.786. The van der Waals surface area contributed by atoms with E-state index in [0.29, 0.717) is 26.1 Å². The molecule has 1 heterocycles. The summed E-state index contributed by atoms with van der Waals surface area (Å²) in [5.74, 6) is -1.22. The number of likely N-dealkylation sites (tertiary alicyclic amines) is 1. The van der Waals surface area contributed by atoms with Crippen molar-refractivity contribution in [2.75, 3.05) is 19.6 Å². The highest BCUT2D eigenvalue weighted by Crippen LogP contribution is 2.18. The predicted molar refractivity (Wildman–Crippen MR) is 74.1 cm³/mol. The molecule has 0 aromatic carbocycles. The lowest BCUT2D eigenvalue weighted by molar-refractivity contribution is -0.152. The van der Waals surface area contributed by atoms with Gasteiger partial charge in [0.1, 0.15) is 6.04 Å². The van der Waals surface area contributed by atoms with Gasteiger partial charge in [0.25, 0.3) is 0 Å². The van der Waals surface area contributed by atoms with E-state index >= 15 is 0 Å². The largest absolute Gasteiger partial charge is 0.480 e. The van der Waals surface area contributed by atoms with E-state index in [0.717, 1.165) is 12.8 Å². The molecule has 1 aliphatic rings. The van der Waals surface area contributed by atoms with Crippen LogP contribution in [0.1, 0.15) is 46.0 Å². The van der Waals surface area contributed by atoms with E-state index in [1.54, 1.807) is 4.90 Å². The summed E-state index contributed by atoms with van der Waals surface area (Å²) in [4.78, 5) is 38.2. The summed E-state index contributed by atoms with van der Waals surface area (Å²) >= 11 is 0. The SMILES string of the molecule is CCN(CC)C(=O)CCC(=O)N1CCCCC1C(=O)O. The Morgan fingerprint density at radius 3 is 2.35 bits per heavy atom. The second kappa shape index (κ2) is 7.87. The van der Waals surface area contributed by atoms with Crippen LogP contribution >= 0.6 is 0 Å². The summed E-state index contributed by atoms with van der Waals surface area (Å²) in [5, 5.41) is 9.13. The number of carboxylic acids is 1. The first-order valence-corrected chi connectivity index (χ1v) is 7.31. The number of aliphatic carboxylic acids is 1. The Labute approximate surface area is 119 Å². The van der Waals surface area contributed by atoms with Crippen LogP contribution in [0.2, 0.25) is 0 Å². The molecule has 0 spiro atoms. The minimum Gasteiger partial charge on any atom is -0.480 e. The maximum absolute atomic E-state index is 12.1. The first-order valence-electron chi connectivity index (χ1n) is 7.31. The van der Waals surface area contributed by atoms with Crippen LogP contribution in [0.15, 0.2) is 0 Å². The van der Waals surface area contributed by atoms with E-state index in [1.807, 2.05) is 13.8 Å². The van der Waals surface area contributed by atoms with E-state index in [2.05, 4.69) is 0 Å². The molecular weight excluding hydrogens is 260 g/mol. The third-order valence-electron chi connectivity index (χ3n) is 3.78. The van der Waals surface area contributed by atoms with Crippen molar-refractivity contribution < 1.29 is 19.5 Å². The molecule has 0 bridgehead atoms. The Balaban J connectivity index is 2.52. The van der Waals surface area contributed by atoms with Gasteiger partial charge in [-0.25, -0.2) is 4.79 Å². The number of nitrogens with zero attached hydrogens (tertiary/aromatic N) is 2. The molecule has 0 saturated carbocycles. The van der Waals surface area contributed by atoms with Crippen LogP contribution in [0, 0.1) is 0 Å². The van der Waals surface area contributed by atoms with Crippen LogP contribution in [0.5, 0.6) is 0 Å². The molecule has 0 aliphatic carbocycles. The Morgan fingerprint density at radius 1 is 1.15 bits per heavy atom. The Morgan fingerprint density at radius 2 is 1.80 bits per heavy atom. The van der Waals surface area contributed by atoms with Gasteiger partial charge in [0.15, 0.2) is 0 Å². The smallest absolute Gasteiger partial charge is 0.326 e. The number of hydrogen-bond acceptors (Lipinski definition) is 3. The van der Waals surface area contributed by atoms with Crippen molar-refractivity contribution in [3.63, 3.8) is 0 Å². The molecule has 1 saturated heterocycles. The minimum atomic E-state index is -0.951. The maximum atomic E-state index is 12.1. The number of carbonyl (C=O) groups excluding carboxylic acids is 2. The van der Waals surface area contributed by atoms with E-state index in [1.165, 1.54) is 4.90 Å². The van der Waals surface area contributed by atoms with E-state index in [-0.39, 0.29) is 24.7 Å². The molecule has 0 aromatic heterocycles. The molecule has 6 heteroatoms. The summed E-state index contributed by atoms with van der Waals surface area (Å²) in [7, 11) is 0. The van der Waals surface area contributed by atoms with Gasteiger partial charge >= 0.3 is 5.97 Å². The second-order valence-corrected chi connectivity index (χ2v) is 5.00. The van der Waals surface area contributed by atoms with E-state index in [9.17, 15) is 14.4 Å². The van der Waals surface area contributed by atoms with Gasteiger partial charge in [0, 0.05) is 32.5 Å². The van der Waals surface area contributed by atoms with E-state index in [4.69, 9.17) is 5.11 Å². The molecule has 114 valence electrons. The standard InChI is InChI=1S/C14H24N2O4/c1-3-15(4-2)12(17)8-9-13(18)16-10-6-5-7-11(16)14(19)20/h11H,3-10H2,1-2H3,(H,19,20). The molecule has 1 atom stereocenters. The van der Waals surface area contributed by atoms with Gasteiger partial charge in [-0.3, -0.25) is 9.59 Å². The fourth-order valence-electron chi connectivity index (χ4n) is 2.58. The zero-order chi connectivity index (χ0) is 15.1. The van der Waals surface area contributed by atoms with Crippen molar-refractivity contribution in [2.45, 2.75) is 52.0 Å². The highest BCUT2D eigenvalue weighted by molar-refractivity contribution is 5.87. The lowest BCUT2D eigenvalue weighted by Gasteiger charge is -2.33. The average molecular weight is 284 g/mol. The normalized spacial score (nSPS) is 18.7. The van der Waals surface area contributed by atoms with Crippen molar-refractivity contribution in [1.29, 1.82) is 0 Å². The molecule has 1 aliphatic heterocycles. The van der Waals surface area contributed by atoms with Crippen LogP contribution in [-0.2, 0) is 14.4 Å². The monoisotopic (exact) mass is 284 g/mol. The van der Waals surface area contributed by atoms with Crippen LogP contribution in [0.25, 0.3) is 0 Å². The zero-order valence-electron chi connectivity index (χ0n) is 12.3. The Hall–Kier alpha value is -1.59. The molecule has 0 radical (unpaired) electrons. The van der Waals surface area contributed by atoms with Crippen molar-refractivity contribution in [1.82, 2.24) is 9.80 Å². The molecule has 1 N–H and O–H groups in total. The number of amides is 2. The third-order valence-corrected chi connectivity index (χ3v) is 3.78. The topological polar surface area (TPSA) is 77.9 Å². The number of piperidine rings is 1. The van der Waals surface area contributed by atoms with Crippen LogP contribution < -0.4 is 0 Å². The van der Waals surface area contributed by atoms with Gasteiger partial charge in [0.2, 0.25) is 11.8 Å². The quantitative estimate of drug-likeness (QED) is 0.792. The Bertz CT molecular complexity index is 366. The third kappa shape index (κ3) is 4.21. The molecule has 6 nitrogen and oxygen atoms in total. The minimum absolute atomic E-state index is 0.0489. The number of carbonyl (C=O) groups is 3. The summed E-state index contributed by atoms with van der Waals surface area (Å²) in [6.45, 7) is 5.54. The Kier molecular flexibility index (Phi) is 6.48. The molecule has 20 heavy (non-hydrogen) atoms. The number of rotatable bonds is 6. The predicted octanol–water partition coefficient (Wildman–Crippen LogP) is 1.10. The molecule has 0 aromatic rings. The van der Waals surface area contributed by atoms with Crippen LogP contribution in [0.3, 0.4) is 0 Å². The highest BCUT2D eigenvalue weighted by atomic mass is 16.4. The van der Waals surface area contributed by atoms with Crippen LogP contribution in [0.4, 0.5) is 0 Å². The van der Waals surface area contributed by atoms with Gasteiger partial charge < -0.3 is 14.9 Å². The van der Waals surface area contributed by atoms with E-state index < -0.39 is 12.0 Å². The summed E-state index contributed by atoms with van der Waals surface area (Å²) in [6.07, 6.45) is 2.42. The lowest BCUT2D eigenvalue weighted by atomic mass is 10.0. The molecule has 1 fully saturated rings.